The van der Waals surface area contributed by atoms with Crippen LogP contribution in [0.2, 0.25) is 0 Å². The van der Waals surface area contributed by atoms with Crippen molar-refractivity contribution in [3.63, 3.8) is 0 Å². The zero-order valence-corrected chi connectivity index (χ0v) is 16.9. The Balaban J connectivity index is 1.38. The second-order valence-electron chi connectivity index (χ2n) is 8.07. The molecule has 1 aromatic carbocycles. The van der Waals surface area contributed by atoms with Gasteiger partial charge in [0.1, 0.15) is 18.2 Å². The molecule has 154 valence electrons. The summed E-state index contributed by atoms with van der Waals surface area (Å²) in [6, 6.07) is 10.3. The minimum atomic E-state index is -0.612. The van der Waals surface area contributed by atoms with Crippen LogP contribution in [0.3, 0.4) is 0 Å². The number of rotatable bonds is 7. The van der Waals surface area contributed by atoms with E-state index in [-0.39, 0.29) is 11.8 Å². The van der Waals surface area contributed by atoms with E-state index in [2.05, 4.69) is 22.2 Å². The van der Waals surface area contributed by atoms with Gasteiger partial charge in [-0.1, -0.05) is 30.3 Å². The van der Waals surface area contributed by atoms with Crippen molar-refractivity contribution in [3.8, 4) is 0 Å². The summed E-state index contributed by atoms with van der Waals surface area (Å²) >= 11 is 0. The van der Waals surface area contributed by atoms with Gasteiger partial charge in [-0.3, -0.25) is 14.3 Å². The van der Waals surface area contributed by atoms with Gasteiger partial charge in [0, 0.05) is 32.6 Å². The van der Waals surface area contributed by atoms with Gasteiger partial charge < -0.3 is 9.80 Å². The molecular formula is C22H29N5O2. The Hall–Kier alpha value is -2.70. The number of piperidine rings is 1. The molecule has 1 unspecified atom stereocenters. The average Bonchev–Trinajstić information content (AvgIpc) is 3.40. The molecule has 0 N–H and O–H groups in total. The summed E-state index contributed by atoms with van der Waals surface area (Å²) in [6.07, 6.45) is 8.63. The van der Waals surface area contributed by atoms with Gasteiger partial charge in [-0.05, 0) is 44.1 Å². The van der Waals surface area contributed by atoms with E-state index in [0.717, 1.165) is 45.2 Å². The number of hydrogen-bond donors (Lipinski definition) is 0. The highest BCUT2D eigenvalue weighted by atomic mass is 16.2. The predicted octanol–water partition coefficient (Wildman–Crippen LogP) is 2.28. The number of aryl methyl sites for hydroxylation is 1. The summed E-state index contributed by atoms with van der Waals surface area (Å²) in [4.78, 5) is 34.3. The van der Waals surface area contributed by atoms with Gasteiger partial charge >= 0.3 is 0 Å². The molecule has 1 spiro atoms. The molecule has 2 fully saturated rings. The first-order valence-electron chi connectivity index (χ1n) is 10.7. The number of carbonyl (C=O) groups excluding carboxylic acids is 2. The molecule has 0 radical (unpaired) electrons. The third-order valence-electron chi connectivity index (χ3n) is 6.25. The van der Waals surface area contributed by atoms with E-state index >= 15 is 0 Å². The van der Waals surface area contributed by atoms with E-state index in [0.29, 0.717) is 25.9 Å². The number of likely N-dealkylation sites (tertiary alicyclic amines) is 2. The Morgan fingerprint density at radius 1 is 1.07 bits per heavy atom. The molecule has 1 aromatic heterocycles. The second kappa shape index (κ2) is 8.76. The second-order valence-corrected chi connectivity index (χ2v) is 8.07. The molecule has 3 heterocycles. The van der Waals surface area contributed by atoms with Crippen molar-refractivity contribution >= 4 is 11.8 Å². The average molecular weight is 396 g/mol. The van der Waals surface area contributed by atoms with Crippen molar-refractivity contribution in [1.29, 1.82) is 0 Å². The molecule has 0 aliphatic carbocycles. The third-order valence-corrected chi connectivity index (χ3v) is 6.25. The Morgan fingerprint density at radius 2 is 1.86 bits per heavy atom. The van der Waals surface area contributed by atoms with Crippen LogP contribution in [0.25, 0.3) is 0 Å². The fourth-order valence-corrected chi connectivity index (χ4v) is 4.79. The van der Waals surface area contributed by atoms with Crippen LogP contribution in [0.4, 0.5) is 0 Å². The van der Waals surface area contributed by atoms with Crippen molar-refractivity contribution < 1.29 is 9.59 Å². The number of nitrogens with zero attached hydrogens (tertiary/aromatic N) is 5. The van der Waals surface area contributed by atoms with Crippen LogP contribution >= 0.6 is 0 Å². The highest BCUT2D eigenvalue weighted by Gasteiger charge is 2.52. The molecular weight excluding hydrogens is 366 g/mol. The van der Waals surface area contributed by atoms with Crippen molar-refractivity contribution in [2.24, 2.45) is 0 Å². The Bertz CT molecular complexity index is 823. The van der Waals surface area contributed by atoms with Gasteiger partial charge in [-0.2, -0.15) is 5.10 Å². The summed E-state index contributed by atoms with van der Waals surface area (Å²) in [7, 11) is 0. The minimum Gasteiger partial charge on any atom is -0.340 e. The molecule has 29 heavy (non-hydrogen) atoms. The van der Waals surface area contributed by atoms with Gasteiger partial charge in [0.15, 0.2) is 0 Å². The van der Waals surface area contributed by atoms with Gasteiger partial charge in [0.2, 0.25) is 11.8 Å². The minimum absolute atomic E-state index is 0.0980. The first-order valence-corrected chi connectivity index (χ1v) is 10.7. The zero-order chi connectivity index (χ0) is 20.1. The van der Waals surface area contributed by atoms with E-state index in [4.69, 9.17) is 0 Å². The van der Waals surface area contributed by atoms with Gasteiger partial charge in [0.05, 0.1) is 0 Å². The van der Waals surface area contributed by atoms with Crippen LogP contribution in [0.1, 0.15) is 44.1 Å². The summed E-state index contributed by atoms with van der Waals surface area (Å²) in [5.74, 6) is 0.252. The van der Waals surface area contributed by atoms with E-state index in [1.54, 1.807) is 11.0 Å². The first kappa shape index (κ1) is 19.6. The first-order chi connectivity index (χ1) is 14.2. The maximum atomic E-state index is 13.5. The lowest BCUT2D eigenvalue weighted by Crippen LogP contribution is -2.61. The van der Waals surface area contributed by atoms with Crippen molar-refractivity contribution in [2.75, 3.05) is 19.6 Å². The molecule has 0 saturated carbocycles. The molecule has 2 aliphatic heterocycles. The Kier molecular flexibility index (Phi) is 5.92. The summed E-state index contributed by atoms with van der Waals surface area (Å²) in [5.41, 5.74) is 0.631. The quantitative estimate of drug-likeness (QED) is 0.721. The normalized spacial score (nSPS) is 21.9. The summed E-state index contributed by atoms with van der Waals surface area (Å²) < 4.78 is 1.74. The number of hydrogen-bond acceptors (Lipinski definition) is 4. The zero-order valence-electron chi connectivity index (χ0n) is 16.9. The fraction of sp³-hybridized carbons (Fsp3) is 0.545. The molecule has 4 rings (SSSR count). The van der Waals surface area contributed by atoms with Crippen LogP contribution in [0.5, 0.6) is 0 Å². The molecule has 1 atom stereocenters. The lowest BCUT2D eigenvalue weighted by Gasteiger charge is -2.44. The number of amides is 2. The van der Waals surface area contributed by atoms with Crippen LogP contribution in [-0.2, 0) is 22.6 Å². The van der Waals surface area contributed by atoms with Gasteiger partial charge in [0.25, 0.3) is 0 Å². The van der Waals surface area contributed by atoms with Crippen molar-refractivity contribution in [2.45, 2.75) is 57.0 Å². The number of carbonyl (C=O) groups is 2. The standard InChI is InChI=1S/C22H29N5O2/c28-20(9-4-14-26-18-23-17-24-26)27-15-6-12-22(27)11-5-13-25(21(22)29)16-10-19-7-2-1-3-8-19/h1-3,7-8,17-18H,4-6,9-16H2. The van der Waals surface area contributed by atoms with Gasteiger partial charge in [-0.15, -0.1) is 0 Å². The lowest BCUT2D eigenvalue weighted by molar-refractivity contribution is -0.155. The third kappa shape index (κ3) is 4.18. The van der Waals surface area contributed by atoms with Gasteiger partial charge in [-0.25, -0.2) is 4.98 Å². The number of aromatic nitrogens is 3. The molecule has 2 saturated heterocycles. The van der Waals surface area contributed by atoms with Crippen molar-refractivity contribution in [3.05, 3.63) is 48.5 Å². The van der Waals surface area contributed by atoms with Crippen LogP contribution in [0, 0.1) is 0 Å². The lowest BCUT2D eigenvalue weighted by atomic mass is 9.85. The monoisotopic (exact) mass is 395 g/mol. The topological polar surface area (TPSA) is 71.3 Å². The maximum absolute atomic E-state index is 13.5. The van der Waals surface area contributed by atoms with Crippen molar-refractivity contribution in [1.82, 2.24) is 24.6 Å². The van der Waals surface area contributed by atoms with Crippen LogP contribution < -0.4 is 0 Å². The Morgan fingerprint density at radius 3 is 2.62 bits per heavy atom. The maximum Gasteiger partial charge on any atom is 0.248 e. The van der Waals surface area contributed by atoms with Crippen LogP contribution in [0.15, 0.2) is 43.0 Å². The molecule has 2 aliphatic rings. The molecule has 0 bridgehead atoms. The largest absolute Gasteiger partial charge is 0.340 e. The summed E-state index contributed by atoms with van der Waals surface area (Å²) in [6.45, 7) is 2.88. The van der Waals surface area contributed by atoms with E-state index in [9.17, 15) is 9.59 Å². The summed E-state index contributed by atoms with van der Waals surface area (Å²) in [5, 5.41) is 4.08. The molecule has 7 nitrogen and oxygen atoms in total. The molecule has 2 aromatic rings. The highest BCUT2D eigenvalue weighted by molar-refractivity contribution is 5.92. The van der Waals surface area contributed by atoms with E-state index < -0.39 is 5.54 Å². The molecule has 2 amide bonds. The Labute approximate surface area is 171 Å². The van der Waals surface area contributed by atoms with Crippen LogP contribution in [-0.4, -0.2) is 61.6 Å². The van der Waals surface area contributed by atoms with E-state index in [1.807, 2.05) is 28.0 Å². The highest BCUT2D eigenvalue weighted by Crippen LogP contribution is 2.38. The smallest absolute Gasteiger partial charge is 0.248 e. The van der Waals surface area contributed by atoms with E-state index in [1.165, 1.54) is 11.9 Å². The SMILES string of the molecule is O=C(CCCn1cncn1)N1CCCC12CCCN(CCc1ccccc1)C2=O. The number of benzene rings is 1. The fourth-order valence-electron chi connectivity index (χ4n) is 4.79. The molecule has 7 heteroatoms. The predicted molar refractivity (Wildman–Crippen MR) is 109 cm³/mol.